The number of hydrogen-bond acceptors (Lipinski definition) is 2. The van der Waals surface area contributed by atoms with Crippen molar-refractivity contribution in [3.8, 4) is 0 Å². The van der Waals surface area contributed by atoms with Crippen molar-refractivity contribution in [1.29, 1.82) is 0 Å². The summed E-state index contributed by atoms with van der Waals surface area (Å²) in [5.74, 6) is 1.17. The van der Waals surface area contributed by atoms with Gasteiger partial charge >= 0.3 is 0 Å². The molecule has 0 aromatic heterocycles. The van der Waals surface area contributed by atoms with Crippen molar-refractivity contribution >= 4 is 16.5 Å². The fourth-order valence-corrected chi connectivity index (χ4v) is 3.02. The lowest BCUT2D eigenvalue weighted by molar-refractivity contribution is -0.147. The molecule has 3 heteroatoms. The minimum atomic E-state index is -0.295. The van der Waals surface area contributed by atoms with Gasteiger partial charge in [-0.15, -0.1) is 0 Å². The summed E-state index contributed by atoms with van der Waals surface area (Å²) in [6, 6.07) is 0. The summed E-state index contributed by atoms with van der Waals surface area (Å²) in [6.07, 6.45) is 5.25. The van der Waals surface area contributed by atoms with E-state index in [2.05, 4.69) is 6.92 Å². The second kappa shape index (κ2) is 4.47. The maximum atomic E-state index is 11.6. The minimum absolute atomic E-state index is 0.0106. The maximum absolute atomic E-state index is 11.6. The molecular weight excluding hydrogens is 192 g/mol. The Bertz CT molecular complexity index is 207. The van der Waals surface area contributed by atoms with Crippen LogP contribution in [0.4, 0.5) is 0 Å². The van der Waals surface area contributed by atoms with Crippen LogP contribution >= 0.6 is 0 Å². The fourth-order valence-electron chi connectivity index (χ4n) is 2.50. The molecule has 0 heterocycles. The Hall–Kier alpha value is -0.313. The predicted molar refractivity (Wildman–Crippen MR) is 60.9 cm³/mol. The molecule has 0 aliphatic heterocycles. The van der Waals surface area contributed by atoms with Crippen LogP contribution in [-0.2, 0) is 9.22 Å². The first-order valence-corrected chi connectivity index (χ1v) is 6.40. The van der Waals surface area contributed by atoms with Gasteiger partial charge in [0.2, 0.25) is 10.5 Å². The monoisotopic (exact) mass is 214 g/mol. The first-order chi connectivity index (χ1) is 6.50. The maximum Gasteiger partial charge on any atom is 0.297 e. The third-order valence-electron chi connectivity index (χ3n) is 3.96. The van der Waals surface area contributed by atoms with Crippen LogP contribution in [0.25, 0.3) is 0 Å². The molecule has 1 rings (SSSR count). The molecule has 82 valence electrons. The van der Waals surface area contributed by atoms with E-state index in [9.17, 15) is 4.79 Å². The first-order valence-electron chi connectivity index (χ1n) is 5.58. The molecule has 1 aliphatic carbocycles. The second-order valence-electron chi connectivity index (χ2n) is 5.05. The van der Waals surface area contributed by atoms with Crippen molar-refractivity contribution in [3.05, 3.63) is 0 Å². The molecule has 0 spiro atoms. The Morgan fingerprint density at radius 2 is 1.93 bits per heavy atom. The van der Waals surface area contributed by atoms with Crippen LogP contribution < -0.4 is 0 Å². The third kappa shape index (κ3) is 2.19. The number of rotatable bonds is 3. The highest BCUT2D eigenvalue weighted by atomic mass is 28.2. The average Bonchev–Trinajstić information content (AvgIpc) is 2.67. The van der Waals surface area contributed by atoms with Gasteiger partial charge in [-0.3, -0.25) is 4.79 Å². The van der Waals surface area contributed by atoms with Gasteiger partial charge in [0.05, 0.1) is 5.41 Å². The third-order valence-corrected chi connectivity index (χ3v) is 4.33. The molecule has 1 atom stereocenters. The molecule has 14 heavy (non-hydrogen) atoms. The fraction of sp³-hybridized carbons (Fsp3) is 0.909. The van der Waals surface area contributed by atoms with E-state index in [1.807, 2.05) is 13.8 Å². The van der Waals surface area contributed by atoms with Crippen LogP contribution in [-0.4, -0.2) is 16.5 Å². The molecule has 1 saturated carbocycles. The van der Waals surface area contributed by atoms with E-state index in [1.54, 1.807) is 0 Å². The van der Waals surface area contributed by atoms with Crippen LogP contribution in [0.1, 0.15) is 46.5 Å². The van der Waals surface area contributed by atoms with E-state index in [4.69, 9.17) is 4.43 Å². The Labute approximate surface area is 90.0 Å². The molecule has 0 saturated heterocycles. The molecule has 1 unspecified atom stereocenters. The summed E-state index contributed by atoms with van der Waals surface area (Å²) in [7, 11) is 0.514. The van der Waals surface area contributed by atoms with Crippen molar-refractivity contribution in [1.82, 2.24) is 0 Å². The van der Waals surface area contributed by atoms with Gasteiger partial charge in [0.25, 0.3) is 5.97 Å². The van der Waals surface area contributed by atoms with Gasteiger partial charge in [0.15, 0.2) is 0 Å². The second-order valence-corrected chi connectivity index (χ2v) is 5.45. The van der Waals surface area contributed by atoms with Gasteiger partial charge in [-0.05, 0) is 25.7 Å². The molecule has 0 bridgehead atoms. The summed E-state index contributed by atoms with van der Waals surface area (Å²) in [4.78, 5) is 11.6. The highest BCUT2D eigenvalue weighted by molar-refractivity contribution is 6.06. The SMILES string of the molecule is CC(C1CCCC1)C(C)(C)C(=O)O[SiH3]. The highest BCUT2D eigenvalue weighted by Crippen LogP contribution is 2.41. The molecule has 1 aliphatic rings. The van der Waals surface area contributed by atoms with E-state index in [1.165, 1.54) is 25.7 Å². The molecule has 0 aromatic rings. The van der Waals surface area contributed by atoms with Crippen LogP contribution in [0.3, 0.4) is 0 Å². The molecule has 0 amide bonds. The van der Waals surface area contributed by atoms with Crippen molar-refractivity contribution in [3.63, 3.8) is 0 Å². The summed E-state index contributed by atoms with van der Waals surface area (Å²) >= 11 is 0. The first kappa shape index (κ1) is 11.8. The van der Waals surface area contributed by atoms with Gasteiger partial charge in [-0.1, -0.05) is 32.6 Å². The minimum Gasteiger partial charge on any atom is -0.528 e. The Morgan fingerprint density at radius 1 is 1.43 bits per heavy atom. The van der Waals surface area contributed by atoms with Crippen LogP contribution in [0.2, 0.25) is 0 Å². The van der Waals surface area contributed by atoms with Crippen molar-refractivity contribution in [2.75, 3.05) is 0 Å². The van der Waals surface area contributed by atoms with Gasteiger partial charge in [-0.25, -0.2) is 0 Å². The van der Waals surface area contributed by atoms with Gasteiger partial charge in [-0.2, -0.15) is 0 Å². The quantitative estimate of drug-likeness (QED) is 0.668. The number of carbonyl (C=O) groups is 1. The van der Waals surface area contributed by atoms with E-state index >= 15 is 0 Å². The van der Waals surface area contributed by atoms with Crippen molar-refractivity contribution in [2.45, 2.75) is 46.5 Å². The van der Waals surface area contributed by atoms with E-state index in [0.717, 1.165) is 5.92 Å². The Kier molecular flexibility index (Phi) is 3.76. The molecule has 0 radical (unpaired) electrons. The summed E-state index contributed by atoms with van der Waals surface area (Å²) < 4.78 is 5.00. The molecule has 0 N–H and O–H groups in total. The lowest BCUT2D eigenvalue weighted by Crippen LogP contribution is -2.36. The van der Waals surface area contributed by atoms with Gasteiger partial charge in [0, 0.05) is 0 Å². The topological polar surface area (TPSA) is 26.3 Å². The zero-order valence-corrected chi connectivity index (χ0v) is 11.8. The van der Waals surface area contributed by atoms with Crippen molar-refractivity contribution in [2.24, 2.45) is 17.3 Å². The Balaban J connectivity index is 2.65. The molecule has 0 aromatic carbocycles. The van der Waals surface area contributed by atoms with E-state index < -0.39 is 0 Å². The predicted octanol–water partition coefficient (Wildman–Crippen LogP) is 1.66. The van der Waals surface area contributed by atoms with Gasteiger partial charge < -0.3 is 4.43 Å². The van der Waals surface area contributed by atoms with E-state index in [0.29, 0.717) is 16.4 Å². The van der Waals surface area contributed by atoms with Crippen LogP contribution in [0.5, 0.6) is 0 Å². The van der Waals surface area contributed by atoms with Crippen LogP contribution in [0.15, 0.2) is 0 Å². The lowest BCUT2D eigenvalue weighted by Gasteiger charge is -2.33. The number of carbonyl (C=O) groups excluding carboxylic acids is 1. The average molecular weight is 214 g/mol. The Morgan fingerprint density at radius 3 is 2.36 bits per heavy atom. The molecule has 2 nitrogen and oxygen atoms in total. The van der Waals surface area contributed by atoms with Gasteiger partial charge in [0.1, 0.15) is 0 Å². The molecule has 1 fully saturated rings. The zero-order valence-electron chi connectivity index (χ0n) is 9.80. The van der Waals surface area contributed by atoms with Crippen molar-refractivity contribution < 1.29 is 9.22 Å². The lowest BCUT2D eigenvalue weighted by atomic mass is 9.72. The largest absolute Gasteiger partial charge is 0.528 e. The number of hydrogen-bond donors (Lipinski definition) is 0. The smallest absolute Gasteiger partial charge is 0.297 e. The van der Waals surface area contributed by atoms with E-state index in [-0.39, 0.29) is 11.4 Å². The zero-order chi connectivity index (χ0) is 10.8. The molecular formula is C11H22O2Si. The highest BCUT2D eigenvalue weighted by Gasteiger charge is 2.39. The van der Waals surface area contributed by atoms with Crippen LogP contribution in [0, 0.1) is 17.3 Å². The summed E-state index contributed by atoms with van der Waals surface area (Å²) in [6.45, 7) is 6.25. The standard InChI is InChI=1S/C11H22O2Si/c1-8(9-6-4-5-7-9)11(2,3)10(12)13-14/h8-9H,4-7H2,1-3,14H3. The summed E-state index contributed by atoms with van der Waals surface area (Å²) in [5, 5.41) is 0. The normalized spacial score (nSPS) is 21.1. The summed E-state index contributed by atoms with van der Waals surface area (Å²) in [5.41, 5.74) is -0.295.